The summed E-state index contributed by atoms with van der Waals surface area (Å²) in [5, 5.41) is 3.83. The Bertz CT molecular complexity index is 513. The molecule has 0 fully saturated rings. The number of oxazole rings is 1. The van der Waals surface area contributed by atoms with Gasteiger partial charge >= 0.3 is 0 Å². The van der Waals surface area contributed by atoms with Crippen molar-refractivity contribution in [3.05, 3.63) is 40.2 Å². The standard InChI is InChI=1S/C12H13BrN2OS/c1-8-7-16-12(15-8)17-11-5-10(13)4-3-9(11)6-14-2/h3-5,7,14H,6H2,1-2H3. The Kier molecular flexibility index (Phi) is 4.25. The molecule has 0 radical (unpaired) electrons. The predicted molar refractivity (Wildman–Crippen MR) is 72.3 cm³/mol. The fourth-order valence-corrected chi connectivity index (χ4v) is 2.88. The van der Waals surface area contributed by atoms with Crippen LogP contribution in [0.5, 0.6) is 0 Å². The molecular weight excluding hydrogens is 300 g/mol. The molecule has 0 saturated carbocycles. The van der Waals surface area contributed by atoms with E-state index in [4.69, 9.17) is 4.42 Å². The van der Waals surface area contributed by atoms with E-state index in [2.05, 4.69) is 38.4 Å². The second kappa shape index (κ2) is 5.71. The highest BCUT2D eigenvalue weighted by Gasteiger charge is 2.08. The van der Waals surface area contributed by atoms with Crippen molar-refractivity contribution < 1.29 is 4.42 Å². The van der Waals surface area contributed by atoms with Crippen LogP contribution >= 0.6 is 27.7 Å². The minimum absolute atomic E-state index is 0.679. The van der Waals surface area contributed by atoms with Gasteiger partial charge in [0.05, 0.1) is 5.69 Å². The van der Waals surface area contributed by atoms with E-state index in [1.807, 2.05) is 20.0 Å². The van der Waals surface area contributed by atoms with Gasteiger partial charge in [0, 0.05) is 15.9 Å². The molecule has 0 atom stereocenters. The first-order valence-electron chi connectivity index (χ1n) is 5.22. The molecule has 1 aromatic carbocycles. The van der Waals surface area contributed by atoms with E-state index in [0.29, 0.717) is 5.22 Å². The minimum atomic E-state index is 0.679. The lowest BCUT2D eigenvalue weighted by Crippen LogP contribution is -2.06. The maximum absolute atomic E-state index is 5.36. The Hall–Kier alpha value is -0.780. The van der Waals surface area contributed by atoms with Gasteiger partial charge in [0.2, 0.25) is 0 Å². The quantitative estimate of drug-likeness (QED) is 0.935. The smallest absolute Gasteiger partial charge is 0.260 e. The van der Waals surface area contributed by atoms with E-state index < -0.39 is 0 Å². The average Bonchev–Trinajstić information content (AvgIpc) is 2.68. The third-order valence-electron chi connectivity index (χ3n) is 2.19. The second-order valence-electron chi connectivity index (χ2n) is 3.64. The summed E-state index contributed by atoms with van der Waals surface area (Å²) < 4.78 is 6.42. The first-order chi connectivity index (χ1) is 8.19. The van der Waals surface area contributed by atoms with Gasteiger partial charge in [-0.2, -0.15) is 0 Å². The van der Waals surface area contributed by atoms with Gasteiger partial charge in [-0.1, -0.05) is 22.0 Å². The van der Waals surface area contributed by atoms with Crippen LogP contribution in [0, 0.1) is 6.92 Å². The van der Waals surface area contributed by atoms with Crippen LogP contribution in [0.4, 0.5) is 0 Å². The van der Waals surface area contributed by atoms with E-state index in [9.17, 15) is 0 Å². The number of aryl methyl sites for hydroxylation is 1. The van der Waals surface area contributed by atoms with E-state index in [-0.39, 0.29) is 0 Å². The molecule has 2 rings (SSSR count). The summed E-state index contributed by atoms with van der Waals surface area (Å²) in [4.78, 5) is 5.45. The Morgan fingerprint density at radius 1 is 1.47 bits per heavy atom. The third-order valence-corrected chi connectivity index (χ3v) is 3.65. The molecule has 0 spiro atoms. The Morgan fingerprint density at radius 2 is 2.29 bits per heavy atom. The average molecular weight is 313 g/mol. The summed E-state index contributed by atoms with van der Waals surface area (Å²) in [6, 6.07) is 6.22. The fraction of sp³-hybridized carbons (Fsp3) is 0.250. The van der Waals surface area contributed by atoms with Gasteiger partial charge in [0.15, 0.2) is 0 Å². The van der Waals surface area contributed by atoms with Crippen LogP contribution in [0.2, 0.25) is 0 Å². The topological polar surface area (TPSA) is 38.1 Å². The van der Waals surface area contributed by atoms with Crippen molar-refractivity contribution in [3.8, 4) is 0 Å². The Morgan fingerprint density at radius 3 is 2.94 bits per heavy atom. The van der Waals surface area contributed by atoms with Crippen LogP contribution in [0.3, 0.4) is 0 Å². The lowest BCUT2D eigenvalue weighted by Gasteiger charge is -2.07. The number of benzene rings is 1. The Balaban J connectivity index is 2.26. The molecule has 0 unspecified atom stereocenters. The maximum Gasteiger partial charge on any atom is 0.260 e. The highest BCUT2D eigenvalue weighted by molar-refractivity contribution is 9.10. The number of hydrogen-bond acceptors (Lipinski definition) is 4. The maximum atomic E-state index is 5.36. The highest BCUT2D eigenvalue weighted by Crippen LogP contribution is 2.32. The molecular formula is C12H13BrN2OS. The van der Waals surface area contributed by atoms with E-state index >= 15 is 0 Å². The molecule has 2 aromatic rings. The molecule has 5 heteroatoms. The van der Waals surface area contributed by atoms with Crippen molar-refractivity contribution in [1.29, 1.82) is 0 Å². The largest absolute Gasteiger partial charge is 0.439 e. The monoisotopic (exact) mass is 312 g/mol. The Labute approximate surface area is 113 Å². The number of rotatable bonds is 4. The van der Waals surface area contributed by atoms with Crippen molar-refractivity contribution in [2.24, 2.45) is 0 Å². The van der Waals surface area contributed by atoms with Crippen LogP contribution in [0.15, 0.2) is 43.5 Å². The van der Waals surface area contributed by atoms with Gasteiger partial charge in [-0.05, 0) is 43.4 Å². The summed E-state index contributed by atoms with van der Waals surface area (Å²) in [5.74, 6) is 0. The number of nitrogens with one attached hydrogen (secondary N) is 1. The van der Waals surface area contributed by atoms with Gasteiger partial charge in [-0.15, -0.1) is 0 Å². The molecule has 0 aliphatic rings. The highest BCUT2D eigenvalue weighted by atomic mass is 79.9. The molecule has 1 heterocycles. The zero-order valence-electron chi connectivity index (χ0n) is 9.66. The van der Waals surface area contributed by atoms with E-state index in [1.54, 1.807) is 18.0 Å². The number of hydrogen-bond donors (Lipinski definition) is 1. The second-order valence-corrected chi connectivity index (χ2v) is 5.55. The van der Waals surface area contributed by atoms with Gasteiger partial charge in [-0.3, -0.25) is 0 Å². The molecule has 0 saturated heterocycles. The zero-order chi connectivity index (χ0) is 12.3. The van der Waals surface area contributed by atoms with Crippen LogP contribution < -0.4 is 5.32 Å². The first-order valence-corrected chi connectivity index (χ1v) is 6.83. The SMILES string of the molecule is CNCc1ccc(Br)cc1Sc1nc(C)co1. The van der Waals surface area contributed by atoms with Gasteiger partial charge < -0.3 is 9.73 Å². The molecule has 17 heavy (non-hydrogen) atoms. The number of halogens is 1. The molecule has 1 aromatic heterocycles. The van der Waals surface area contributed by atoms with Gasteiger partial charge in [-0.25, -0.2) is 4.98 Å². The van der Waals surface area contributed by atoms with Crippen LogP contribution in [0.25, 0.3) is 0 Å². The number of aromatic nitrogens is 1. The molecule has 0 bridgehead atoms. The van der Waals surface area contributed by atoms with Crippen molar-refractivity contribution >= 4 is 27.7 Å². The van der Waals surface area contributed by atoms with E-state index in [1.165, 1.54) is 5.56 Å². The molecule has 90 valence electrons. The summed E-state index contributed by atoms with van der Waals surface area (Å²) in [6.45, 7) is 2.75. The van der Waals surface area contributed by atoms with Crippen molar-refractivity contribution in [3.63, 3.8) is 0 Å². The predicted octanol–water partition coefficient (Wildman–Crippen LogP) is 3.62. The van der Waals surface area contributed by atoms with Gasteiger partial charge in [0.1, 0.15) is 6.26 Å². The molecule has 1 N–H and O–H groups in total. The summed E-state index contributed by atoms with van der Waals surface area (Å²) in [7, 11) is 1.94. The van der Waals surface area contributed by atoms with Crippen LogP contribution in [0.1, 0.15) is 11.3 Å². The minimum Gasteiger partial charge on any atom is -0.439 e. The third kappa shape index (κ3) is 3.34. The zero-order valence-corrected chi connectivity index (χ0v) is 12.1. The van der Waals surface area contributed by atoms with Crippen LogP contribution in [-0.2, 0) is 6.54 Å². The van der Waals surface area contributed by atoms with Gasteiger partial charge in [0.25, 0.3) is 5.22 Å². The number of nitrogens with zero attached hydrogens (tertiary/aromatic N) is 1. The summed E-state index contributed by atoms with van der Waals surface area (Å²) >= 11 is 5.02. The first kappa shape index (κ1) is 12.7. The molecule has 3 nitrogen and oxygen atoms in total. The lowest BCUT2D eigenvalue weighted by atomic mass is 10.2. The van der Waals surface area contributed by atoms with Crippen molar-refractivity contribution in [1.82, 2.24) is 10.3 Å². The molecule has 0 aliphatic heterocycles. The van der Waals surface area contributed by atoms with Crippen molar-refractivity contribution in [2.45, 2.75) is 23.6 Å². The normalized spacial score (nSPS) is 10.8. The van der Waals surface area contributed by atoms with Crippen LogP contribution in [-0.4, -0.2) is 12.0 Å². The van der Waals surface area contributed by atoms with Crippen molar-refractivity contribution in [2.75, 3.05) is 7.05 Å². The lowest BCUT2D eigenvalue weighted by molar-refractivity contribution is 0.454. The van der Waals surface area contributed by atoms with E-state index in [0.717, 1.165) is 21.6 Å². The fourth-order valence-electron chi connectivity index (χ4n) is 1.43. The molecule has 0 aliphatic carbocycles. The summed E-state index contributed by atoms with van der Waals surface area (Å²) in [6.07, 6.45) is 1.66. The molecule has 0 amide bonds. The summed E-state index contributed by atoms with van der Waals surface area (Å²) in [5.41, 5.74) is 2.13.